The van der Waals surface area contributed by atoms with Crippen molar-refractivity contribution in [3.63, 3.8) is 0 Å². The standard InChI is InChI=1S/C10H19IN2O3/c1-4-5-7(12)9(14)13(11)8(6(2)3)10(15)16/h6-8H,4-5,12H2,1-3H3,(H,15,16)/t7?,8-/m0/s1. The number of carbonyl (C=O) groups is 2. The van der Waals surface area contributed by atoms with Crippen LogP contribution in [0.4, 0.5) is 0 Å². The number of halogens is 1. The van der Waals surface area contributed by atoms with Crippen molar-refractivity contribution in [2.24, 2.45) is 11.7 Å². The molecule has 3 N–H and O–H groups in total. The molecule has 0 aliphatic carbocycles. The van der Waals surface area contributed by atoms with Gasteiger partial charge < -0.3 is 10.8 Å². The zero-order chi connectivity index (χ0) is 12.9. The van der Waals surface area contributed by atoms with Crippen LogP contribution in [0.2, 0.25) is 0 Å². The zero-order valence-corrected chi connectivity index (χ0v) is 12.0. The van der Waals surface area contributed by atoms with Gasteiger partial charge in [-0.15, -0.1) is 0 Å². The van der Waals surface area contributed by atoms with Crippen LogP contribution in [0, 0.1) is 5.92 Å². The highest BCUT2D eigenvalue weighted by atomic mass is 127. The van der Waals surface area contributed by atoms with Crippen molar-refractivity contribution >= 4 is 34.7 Å². The maximum Gasteiger partial charge on any atom is 0.327 e. The molecule has 0 aliphatic rings. The van der Waals surface area contributed by atoms with E-state index in [2.05, 4.69) is 0 Å². The average molecular weight is 342 g/mol. The highest BCUT2D eigenvalue weighted by Crippen LogP contribution is 2.18. The summed E-state index contributed by atoms with van der Waals surface area (Å²) in [6, 6.07) is -1.43. The quantitative estimate of drug-likeness (QED) is 0.565. The minimum absolute atomic E-state index is 0.146. The van der Waals surface area contributed by atoms with E-state index in [0.29, 0.717) is 6.42 Å². The molecule has 0 fully saturated rings. The van der Waals surface area contributed by atoms with Gasteiger partial charge in [-0.1, -0.05) is 27.2 Å². The third-order valence-corrected chi connectivity index (χ3v) is 3.33. The molecule has 1 unspecified atom stereocenters. The number of carbonyl (C=O) groups excluding carboxylic acids is 1. The molecule has 0 heterocycles. The number of amides is 1. The number of nitrogens with zero attached hydrogens (tertiary/aromatic N) is 1. The Morgan fingerprint density at radius 2 is 1.94 bits per heavy atom. The molecule has 0 aliphatic heterocycles. The van der Waals surface area contributed by atoms with Crippen LogP contribution in [0.1, 0.15) is 33.6 Å². The lowest BCUT2D eigenvalue weighted by atomic mass is 10.0. The highest BCUT2D eigenvalue weighted by molar-refractivity contribution is 14.1. The molecule has 5 nitrogen and oxygen atoms in total. The Kier molecular flexibility index (Phi) is 6.89. The van der Waals surface area contributed by atoms with E-state index >= 15 is 0 Å². The second kappa shape index (κ2) is 7.05. The number of hydrogen-bond donors (Lipinski definition) is 2. The molecule has 6 heteroatoms. The molecule has 0 aromatic heterocycles. The van der Waals surface area contributed by atoms with Crippen molar-refractivity contribution < 1.29 is 14.7 Å². The Morgan fingerprint density at radius 3 is 2.25 bits per heavy atom. The summed E-state index contributed by atoms with van der Waals surface area (Å²) in [7, 11) is 0. The largest absolute Gasteiger partial charge is 0.480 e. The van der Waals surface area contributed by atoms with Gasteiger partial charge in [-0.05, 0) is 12.3 Å². The smallest absolute Gasteiger partial charge is 0.327 e. The van der Waals surface area contributed by atoms with Gasteiger partial charge in [0.15, 0.2) is 0 Å². The van der Waals surface area contributed by atoms with Crippen LogP contribution in [0.5, 0.6) is 0 Å². The summed E-state index contributed by atoms with van der Waals surface area (Å²) >= 11 is 1.74. The predicted octanol–water partition coefficient (Wildman–Crippen LogP) is 1.40. The van der Waals surface area contributed by atoms with Crippen molar-refractivity contribution in [3.05, 3.63) is 0 Å². The molecule has 0 bridgehead atoms. The summed E-state index contributed by atoms with van der Waals surface area (Å²) in [5.74, 6) is -1.46. The second-order valence-corrected chi connectivity index (χ2v) is 5.11. The van der Waals surface area contributed by atoms with Crippen LogP contribution >= 0.6 is 22.9 Å². The third kappa shape index (κ3) is 4.25. The van der Waals surface area contributed by atoms with Gasteiger partial charge in [0.1, 0.15) is 6.04 Å². The normalized spacial score (nSPS) is 14.6. The summed E-state index contributed by atoms with van der Waals surface area (Å²) in [6.45, 7) is 5.47. The summed E-state index contributed by atoms with van der Waals surface area (Å²) in [5, 5.41) is 9.04. The van der Waals surface area contributed by atoms with Crippen molar-refractivity contribution in [1.82, 2.24) is 3.11 Å². The van der Waals surface area contributed by atoms with E-state index < -0.39 is 18.1 Å². The molecule has 0 rings (SSSR count). The van der Waals surface area contributed by atoms with E-state index in [1.165, 1.54) is 3.11 Å². The van der Waals surface area contributed by atoms with Crippen molar-refractivity contribution in [2.75, 3.05) is 0 Å². The SMILES string of the molecule is CCCC(N)C(=O)N(I)[C@H](C(=O)O)C(C)C. The van der Waals surface area contributed by atoms with Crippen molar-refractivity contribution in [1.29, 1.82) is 0 Å². The van der Waals surface area contributed by atoms with Crippen LogP contribution < -0.4 is 5.73 Å². The van der Waals surface area contributed by atoms with E-state index in [1.807, 2.05) is 6.92 Å². The van der Waals surface area contributed by atoms with Crippen LogP contribution in [0.3, 0.4) is 0 Å². The molecule has 1 amide bonds. The fraction of sp³-hybridized carbons (Fsp3) is 0.800. The Hall–Kier alpha value is -0.370. The summed E-state index contributed by atoms with van der Waals surface area (Å²) < 4.78 is 1.21. The maximum atomic E-state index is 11.8. The lowest BCUT2D eigenvalue weighted by Gasteiger charge is -2.27. The molecule has 2 atom stereocenters. The number of hydrogen-bond acceptors (Lipinski definition) is 3. The monoisotopic (exact) mass is 342 g/mol. The zero-order valence-electron chi connectivity index (χ0n) is 9.81. The predicted molar refractivity (Wildman–Crippen MR) is 70.0 cm³/mol. The molecule has 0 aromatic rings. The summed E-state index contributed by atoms with van der Waals surface area (Å²) in [6.07, 6.45) is 1.37. The molecular weight excluding hydrogens is 323 g/mol. The van der Waals surface area contributed by atoms with E-state index in [-0.39, 0.29) is 11.8 Å². The molecule has 0 saturated heterocycles. The second-order valence-electron chi connectivity index (χ2n) is 4.07. The molecule has 0 radical (unpaired) electrons. The maximum absolute atomic E-state index is 11.8. The Morgan fingerprint density at radius 1 is 1.44 bits per heavy atom. The van der Waals surface area contributed by atoms with Crippen molar-refractivity contribution in [2.45, 2.75) is 45.7 Å². The number of carboxylic acids is 1. The average Bonchev–Trinajstić information content (AvgIpc) is 2.15. The topological polar surface area (TPSA) is 83.6 Å². The van der Waals surface area contributed by atoms with E-state index in [1.54, 1.807) is 36.7 Å². The van der Waals surface area contributed by atoms with Crippen LogP contribution in [-0.4, -0.2) is 32.2 Å². The van der Waals surface area contributed by atoms with Gasteiger partial charge in [-0.3, -0.25) is 7.91 Å². The number of nitrogens with two attached hydrogens (primary N) is 1. The molecule has 0 spiro atoms. The first kappa shape index (κ1) is 15.6. The highest BCUT2D eigenvalue weighted by Gasteiger charge is 2.32. The summed E-state index contributed by atoms with van der Waals surface area (Å²) in [5.41, 5.74) is 5.68. The number of rotatable bonds is 6. The molecule has 94 valence electrons. The van der Waals surface area contributed by atoms with Crippen LogP contribution in [0.25, 0.3) is 0 Å². The Bertz CT molecular complexity index is 258. The lowest BCUT2D eigenvalue weighted by Crippen LogP contribution is -2.48. The Balaban J connectivity index is 4.67. The fourth-order valence-corrected chi connectivity index (χ4v) is 2.61. The first-order valence-corrected chi connectivity index (χ1v) is 6.26. The first-order valence-electron chi connectivity index (χ1n) is 5.30. The fourth-order valence-electron chi connectivity index (χ4n) is 1.37. The van der Waals surface area contributed by atoms with Gasteiger partial charge >= 0.3 is 5.97 Å². The van der Waals surface area contributed by atoms with Crippen LogP contribution in [-0.2, 0) is 9.59 Å². The minimum Gasteiger partial charge on any atom is -0.480 e. The number of carboxylic acid groups (broad SMARTS) is 1. The van der Waals surface area contributed by atoms with Crippen molar-refractivity contribution in [3.8, 4) is 0 Å². The molecule has 0 saturated carbocycles. The molecule has 0 aromatic carbocycles. The van der Waals surface area contributed by atoms with Gasteiger partial charge in [-0.2, -0.15) is 0 Å². The van der Waals surface area contributed by atoms with E-state index in [9.17, 15) is 9.59 Å². The van der Waals surface area contributed by atoms with E-state index in [4.69, 9.17) is 10.8 Å². The first-order chi connectivity index (χ1) is 7.32. The lowest BCUT2D eigenvalue weighted by molar-refractivity contribution is -0.146. The van der Waals surface area contributed by atoms with E-state index in [0.717, 1.165) is 6.42 Å². The molecular formula is C10H19IN2O3. The van der Waals surface area contributed by atoms with Crippen LogP contribution in [0.15, 0.2) is 0 Å². The van der Waals surface area contributed by atoms with Gasteiger partial charge in [0, 0.05) is 0 Å². The Labute approximate surface area is 110 Å². The number of aliphatic carboxylic acids is 1. The van der Waals surface area contributed by atoms with Gasteiger partial charge in [0.2, 0.25) is 5.91 Å². The van der Waals surface area contributed by atoms with Gasteiger partial charge in [0.25, 0.3) is 0 Å². The summed E-state index contributed by atoms with van der Waals surface area (Å²) in [4.78, 5) is 22.8. The van der Waals surface area contributed by atoms with Gasteiger partial charge in [0.05, 0.1) is 28.9 Å². The van der Waals surface area contributed by atoms with Gasteiger partial charge in [-0.25, -0.2) is 4.79 Å². The third-order valence-electron chi connectivity index (χ3n) is 2.26. The minimum atomic E-state index is -0.999. The molecule has 16 heavy (non-hydrogen) atoms.